The lowest BCUT2D eigenvalue weighted by Crippen LogP contribution is -2.51. The number of rotatable bonds is 3. The molecule has 3 heterocycles. The molecule has 3 rings (SSSR count). The monoisotopic (exact) mass is 312 g/mol. The normalized spacial score (nSPS) is 35.2. The molecule has 4 atom stereocenters. The van der Waals surface area contributed by atoms with E-state index in [0.717, 1.165) is 0 Å². The topological polar surface area (TPSA) is 103 Å². The van der Waals surface area contributed by atoms with Crippen LogP contribution in [0.15, 0.2) is 12.7 Å². The first-order chi connectivity index (χ1) is 10.3. The van der Waals surface area contributed by atoms with E-state index in [9.17, 15) is 10.2 Å². The molecule has 1 fully saturated rings. The number of aromatic nitrogens is 4. The number of halogens is 1. The van der Waals surface area contributed by atoms with E-state index in [1.807, 2.05) is 0 Å². The highest BCUT2D eigenvalue weighted by atomic mass is 19.1. The molecule has 2 N–H and O–H groups in total. The summed E-state index contributed by atoms with van der Waals surface area (Å²) in [6.07, 6.45) is 0.365. The van der Waals surface area contributed by atoms with E-state index >= 15 is 4.39 Å². The molecule has 8 nitrogen and oxygen atoms in total. The fourth-order valence-electron chi connectivity index (χ4n) is 2.68. The van der Waals surface area contributed by atoms with Gasteiger partial charge in [-0.25, -0.2) is 14.4 Å². The van der Waals surface area contributed by atoms with Crippen LogP contribution in [0.5, 0.6) is 5.88 Å². The molecule has 9 heteroatoms. The maximum absolute atomic E-state index is 15.2. The third-order valence-corrected chi connectivity index (χ3v) is 4.31. The number of hydrogen-bond acceptors (Lipinski definition) is 7. The molecular formula is C13H17FN4O4. The summed E-state index contributed by atoms with van der Waals surface area (Å²) in [7, 11) is 1.44. The van der Waals surface area contributed by atoms with Crippen molar-refractivity contribution in [1.29, 1.82) is 0 Å². The molecule has 0 aliphatic carbocycles. The van der Waals surface area contributed by atoms with Gasteiger partial charge in [-0.3, -0.25) is 4.57 Å². The average Bonchev–Trinajstić information content (AvgIpc) is 2.97. The Morgan fingerprint density at radius 1 is 1.41 bits per heavy atom. The molecule has 22 heavy (non-hydrogen) atoms. The first kappa shape index (κ1) is 15.1. The van der Waals surface area contributed by atoms with Crippen LogP contribution in [0.2, 0.25) is 0 Å². The summed E-state index contributed by atoms with van der Waals surface area (Å²) in [4.78, 5) is 12.1. The Bertz CT molecular complexity index is 702. The van der Waals surface area contributed by atoms with Crippen molar-refractivity contribution in [1.82, 2.24) is 19.5 Å². The SMILES string of the molecule is COc1ncnc2c1ncn2[C@H]1O[C@H](CO)[C@@](C)(O)[C@@]1(C)F. The van der Waals surface area contributed by atoms with Crippen LogP contribution in [0.1, 0.15) is 20.1 Å². The van der Waals surface area contributed by atoms with Crippen LogP contribution in [0.25, 0.3) is 11.2 Å². The molecule has 1 aliphatic rings. The van der Waals surface area contributed by atoms with Gasteiger partial charge in [-0.2, -0.15) is 4.98 Å². The first-order valence-electron chi connectivity index (χ1n) is 6.73. The van der Waals surface area contributed by atoms with Crippen molar-refractivity contribution in [3.8, 4) is 5.88 Å². The lowest BCUT2D eigenvalue weighted by Gasteiger charge is -2.32. The summed E-state index contributed by atoms with van der Waals surface area (Å²) < 4.78 is 27.1. The third-order valence-electron chi connectivity index (χ3n) is 4.31. The van der Waals surface area contributed by atoms with Crippen LogP contribution in [0, 0.1) is 0 Å². The van der Waals surface area contributed by atoms with Gasteiger partial charge in [0.2, 0.25) is 5.88 Å². The highest BCUT2D eigenvalue weighted by molar-refractivity contribution is 5.76. The van der Waals surface area contributed by atoms with E-state index < -0.39 is 30.2 Å². The third kappa shape index (κ3) is 1.82. The quantitative estimate of drug-likeness (QED) is 0.834. The highest BCUT2D eigenvalue weighted by Crippen LogP contribution is 2.48. The Morgan fingerprint density at radius 2 is 2.14 bits per heavy atom. The van der Waals surface area contributed by atoms with Gasteiger partial charge in [0.25, 0.3) is 0 Å². The molecular weight excluding hydrogens is 295 g/mol. The zero-order valence-electron chi connectivity index (χ0n) is 12.4. The Labute approximate surface area is 125 Å². The van der Waals surface area contributed by atoms with Gasteiger partial charge < -0.3 is 19.7 Å². The van der Waals surface area contributed by atoms with Crippen molar-refractivity contribution in [2.45, 2.75) is 37.4 Å². The molecule has 1 saturated heterocycles. The van der Waals surface area contributed by atoms with Crippen molar-refractivity contribution < 1.29 is 24.1 Å². The standard InChI is InChI=1S/C13H17FN4O4/c1-12(14)11(22-7(4-19)13(12,2)20)18-6-17-8-9(18)15-5-16-10(8)21-3/h5-7,11,19-20H,4H2,1-3H3/t7-,11+,12+,13-/m1/s1. The Kier molecular flexibility index (Phi) is 3.31. The number of ether oxygens (including phenoxy) is 2. The van der Waals surface area contributed by atoms with Gasteiger partial charge in [0.15, 0.2) is 23.1 Å². The van der Waals surface area contributed by atoms with E-state index in [0.29, 0.717) is 11.2 Å². The van der Waals surface area contributed by atoms with Crippen molar-refractivity contribution in [3.05, 3.63) is 12.7 Å². The van der Waals surface area contributed by atoms with Crippen LogP contribution >= 0.6 is 0 Å². The molecule has 0 amide bonds. The molecule has 0 spiro atoms. The molecule has 2 aromatic heterocycles. The molecule has 0 saturated carbocycles. The molecule has 0 bridgehead atoms. The first-order valence-corrected chi connectivity index (χ1v) is 6.73. The van der Waals surface area contributed by atoms with Gasteiger partial charge in [-0.1, -0.05) is 0 Å². The molecule has 0 radical (unpaired) electrons. The lowest BCUT2D eigenvalue weighted by atomic mass is 9.85. The van der Waals surface area contributed by atoms with Crippen molar-refractivity contribution >= 4 is 11.2 Å². The second-order valence-electron chi connectivity index (χ2n) is 5.59. The maximum Gasteiger partial charge on any atom is 0.245 e. The summed E-state index contributed by atoms with van der Waals surface area (Å²) in [5.41, 5.74) is -3.35. The fourth-order valence-corrected chi connectivity index (χ4v) is 2.68. The largest absolute Gasteiger partial charge is 0.479 e. The minimum Gasteiger partial charge on any atom is -0.479 e. The van der Waals surface area contributed by atoms with E-state index in [1.165, 1.54) is 38.2 Å². The Morgan fingerprint density at radius 3 is 2.73 bits per heavy atom. The number of methoxy groups -OCH3 is 1. The van der Waals surface area contributed by atoms with Gasteiger partial charge in [0.05, 0.1) is 20.0 Å². The maximum atomic E-state index is 15.2. The van der Waals surface area contributed by atoms with Crippen molar-refractivity contribution in [2.24, 2.45) is 0 Å². The summed E-state index contributed by atoms with van der Waals surface area (Å²) in [6, 6.07) is 0. The second-order valence-corrected chi connectivity index (χ2v) is 5.59. The average molecular weight is 312 g/mol. The minimum absolute atomic E-state index is 0.257. The van der Waals surface area contributed by atoms with E-state index in [2.05, 4.69) is 15.0 Å². The number of fused-ring (bicyclic) bond motifs is 1. The summed E-state index contributed by atoms with van der Waals surface area (Å²) in [5, 5.41) is 19.7. The van der Waals surface area contributed by atoms with Crippen LogP contribution in [0.4, 0.5) is 4.39 Å². The summed E-state index contributed by atoms with van der Waals surface area (Å²) in [5.74, 6) is 0.257. The molecule has 120 valence electrons. The fraction of sp³-hybridized carbons (Fsp3) is 0.615. The second kappa shape index (κ2) is 4.83. The highest BCUT2D eigenvalue weighted by Gasteiger charge is 2.63. The minimum atomic E-state index is -2.16. The van der Waals surface area contributed by atoms with Gasteiger partial charge in [-0.15, -0.1) is 0 Å². The number of alkyl halides is 1. The predicted molar refractivity (Wildman–Crippen MR) is 73.0 cm³/mol. The number of aliphatic hydroxyl groups is 2. The zero-order chi connectivity index (χ0) is 16.1. The summed E-state index contributed by atoms with van der Waals surface area (Å²) in [6.45, 7) is 2.01. The van der Waals surface area contributed by atoms with Crippen LogP contribution in [-0.2, 0) is 4.74 Å². The van der Waals surface area contributed by atoms with Crippen LogP contribution in [0.3, 0.4) is 0 Å². The smallest absolute Gasteiger partial charge is 0.245 e. The number of hydrogen-bond donors (Lipinski definition) is 2. The number of aliphatic hydroxyl groups excluding tert-OH is 1. The molecule has 0 aromatic carbocycles. The number of imidazole rings is 1. The Balaban J connectivity index is 2.12. The van der Waals surface area contributed by atoms with Gasteiger partial charge in [0, 0.05) is 0 Å². The molecule has 2 aromatic rings. The van der Waals surface area contributed by atoms with E-state index in [-0.39, 0.29) is 5.88 Å². The van der Waals surface area contributed by atoms with E-state index in [4.69, 9.17) is 9.47 Å². The van der Waals surface area contributed by atoms with Crippen molar-refractivity contribution in [3.63, 3.8) is 0 Å². The summed E-state index contributed by atoms with van der Waals surface area (Å²) >= 11 is 0. The zero-order valence-corrected chi connectivity index (χ0v) is 12.4. The Hall–Kier alpha value is -1.84. The van der Waals surface area contributed by atoms with Gasteiger partial charge >= 0.3 is 0 Å². The predicted octanol–water partition coefficient (Wildman–Crippen LogP) is 0.204. The van der Waals surface area contributed by atoms with Crippen LogP contribution in [-0.4, -0.2) is 60.8 Å². The lowest BCUT2D eigenvalue weighted by molar-refractivity contribution is -0.0891. The van der Waals surface area contributed by atoms with Gasteiger partial charge in [-0.05, 0) is 13.8 Å². The molecule has 0 unspecified atom stereocenters. The van der Waals surface area contributed by atoms with Crippen molar-refractivity contribution in [2.75, 3.05) is 13.7 Å². The number of nitrogens with zero attached hydrogens (tertiary/aromatic N) is 4. The van der Waals surface area contributed by atoms with E-state index in [1.54, 1.807) is 0 Å². The molecule has 1 aliphatic heterocycles. The van der Waals surface area contributed by atoms with Gasteiger partial charge in [0.1, 0.15) is 18.0 Å². The van der Waals surface area contributed by atoms with Crippen LogP contribution < -0.4 is 4.74 Å².